The molecular formula is C29H31N5O4. The van der Waals surface area contributed by atoms with Crippen LogP contribution in [0.4, 0.5) is 5.69 Å². The van der Waals surface area contributed by atoms with E-state index < -0.39 is 6.04 Å². The lowest BCUT2D eigenvalue weighted by Gasteiger charge is -2.32. The van der Waals surface area contributed by atoms with Gasteiger partial charge in [0.1, 0.15) is 23.9 Å². The molecule has 1 aliphatic heterocycles. The summed E-state index contributed by atoms with van der Waals surface area (Å²) in [5.41, 5.74) is 3.76. The standard InChI is InChI=1S/C29H31N5O4/c1-20-9-11-21(12-10-20)28(29(36)30-18-24-6-5-17-38-24)34(22-13-15-23(37-2)16-14-22)27(35)19-33-26-8-4-3-7-25(26)31-32-33/h3-4,7-16,24,28H,5-6,17-19H2,1-2H3,(H,30,36)/t24-,28-/m0/s1. The summed E-state index contributed by atoms with van der Waals surface area (Å²) in [6, 6.07) is 21.3. The predicted octanol–water partition coefficient (Wildman–Crippen LogP) is 3.82. The zero-order valence-corrected chi connectivity index (χ0v) is 21.5. The molecule has 0 radical (unpaired) electrons. The molecule has 0 unspecified atom stereocenters. The monoisotopic (exact) mass is 513 g/mol. The van der Waals surface area contributed by atoms with Crippen molar-refractivity contribution in [3.63, 3.8) is 0 Å². The number of carbonyl (C=O) groups is 2. The second-order valence-electron chi connectivity index (χ2n) is 9.39. The molecular weight excluding hydrogens is 482 g/mol. The van der Waals surface area contributed by atoms with Crippen LogP contribution >= 0.6 is 0 Å². The highest BCUT2D eigenvalue weighted by molar-refractivity contribution is 6.01. The Morgan fingerprint density at radius 1 is 1.11 bits per heavy atom. The number of ether oxygens (including phenoxy) is 2. The van der Waals surface area contributed by atoms with Gasteiger partial charge >= 0.3 is 0 Å². The van der Waals surface area contributed by atoms with Gasteiger partial charge in [-0.3, -0.25) is 14.5 Å². The van der Waals surface area contributed by atoms with Crippen LogP contribution in [0.15, 0.2) is 72.8 Å². The number of carbonyl (C=O) groups excluding carboxylic acids is 2. The molecule has 38 heavy (non-hydrogen) atoms. The van der Waals surface area contributed by atoms with Gasteiger partial charge in [0.2, 0.25) is 11.8 Å². The maximum Gasteiger partial charge on any atom is 0.249 e. The van der Waals surface area contributed by atoms with Gasteiger partial charge in [-0.25, -0.2) is 4.68 Å². The SMILES string of the molecule is COc1ccc(N(C(=O)Cn2nnc3ccccc32)[C@H](C(=O)NC[C@@H]2CCCO2)c2ccc(C)cc2)cc1. The zero-order chi connectivity index (χ0) is 26.5. The second kappa shape index (κ2) is 11.4. The number of amides is 2. The minimum absolute atomic E-state index is 0.0238. The molecule has 0 aliphatic carbocycles. The predicted molar refractivity (Wildman–Crippen MR) is 144 cm³/mol. The van der Waals surface area contributed by atoms with E-state index in [1.165, 1.54) is 4.90 Å². The molecule has 1 aromatic heterocycles. The number of aryl methyl sites for hydroxylation is 1. The van der Waals surface area contributed by atoms with Crippen LogP contribution in [0.5, 0.6) is 5.75 Å². The Morgan fingerprint density at radius 2 is 1.87 bits per heavy atom. The molecule has 9 heteroatoms. The lowest BCUT2D eigenvalue weighted by molar-refractivity contribution is -0.127. The first kappa shape index (κ1) is 25.4. The Morgan fingerprint density at radius 3 is 2.58 bits per heavy atom. The minimum atomic E-state index is -0.910. The maximum atomic E-state index is 14.1. The summed E-state index contributed by atoms with van der Waals surface area (Å²) in [7, 11) is 1.58. The van der Waals surface area contributed by atoms with Crippen molar-refractivity contribution in [3.8, 4) is 5.75 Å². The Balaban J connectivity index is 1.53. The highest BCUT2D eigenvalue weighted by Gasteiger charge is 2.34. The fraction of sp³-hybridized carbons (Fsp3) is 0.310. The molecule has 1 aliphatic rings. The molecule has 9 nitrogen and oxygen atoms in total. The van der Waals surface area contributed by atoms with E-state index in [1.54, 1.807) is 36.1 Å². The van der Waals surface area contributed by atoms with Crippen LogP contribution in [0, 0.1) is 6.92 Å². The quantitative estimate of drug-likeness (QED) is 0.365. The fourth-order valence-corrected chi connectivity index (χ4v) is 4.70. The average Bonchev–Trinajstić information content (AvgIpc) is 3.61. The summed E-state index contributed by atoms with van der Waals surface area (Å²) in [4.78, 5) is 29.4. The third-order valence-corrected chi connectivity index (χ3v) is 6.75. The average molecular weight is 514 g/mol. The summed E-state index contributed by atoms with van der Waals surface area (Å²) < 4.78 is 12.6. The van der Waals surface area contributed by atoms with E-state index in [2.05, 4.69) is 15.6 Å². The fourth-order valence-electron chi connectivity index (χ4n) is 4.70. The first-order chi connectivity index (χ1) is 18.5. The molecule has 0 saturated carbocycles. The highest BCUT2D eigenvalue weighted by Crippen LogP contribution is 2.30. The van der Waals surface area contributed by atoms with Crippen LogP contribution in [-0.4, -0.2) is 53.2 Å². The van der Waals surface area contributed by atoms with Crippen LogP contribution in [0.1, 0.15) is 30.0 Å². The number of nitrogens with zero attached hydrogens (tertiary/aromatic N) is 4. The Kier molecular flexibility index (Phi) is 7.65. The number of hydrogen-bond donors (Lipinski definition) is 1. The van der Waals surface area contributed by atoms with Crippen molar-refractivity contribution in [1.82, 2.24) is 20.3 Å². The number of nitrogens with one attached hydrogen (secondary N) is 1. The van der Waals surface area contributed by atoms with Crippen LogP contribution < -0.4 is 15.0 Å². The van der Waals surface area contributed by atoms with Crippen molar-refractivity contribution >= 4 is 28.5 Å². The third-order valence-electron chi connectivity index (χ3n) is 6.75. The summed E-state index contributed by atoms with van der Waals surface area (Å²) in [6.45, 7) is 2.98. The second-order valence-corrected chi connectivity index (χ2v) is 9.39. The topological polar surface area (TPSA) is 98.6 Å². The molecule has 1 saturated heterocycles. The van der Waals surface area contributed by atoms with E-state index in [-0.39, 0.29) is 24.5 Å². The smallest absolute Gasteiger partial charge is 0.249 e. The van der Waals surface area contributed by atoms with Gasteiger partial charge in [-0.1, -0.05) is 47.2 Å². The Hall–Kier alpha value is -4.24. The molecule has 0 bridgehead atoms. The molecule has 196 valence electrons. The normalized spacial score (nSPS) is 15.8. The molecule has 2 atom stereocenters. The number of benzene rings is 3. The number of para-hydroxylation sites is 1. The van der Waals surface area contributed by atoms with Crippen molar-refractivity contribution in [3.05, 3.63) is 83.9 Å². The third kappa shape index (κ3) is 5.52. The van der Waals surface area contributed by atoms with E-state index in [1.807, 2.05) is 55.5 Å². The van der Waals surface area contributed by atoms with Crippen LogP contribution in [-0.2, 0) is 20.9 Å². The number of fused-ring (bicyclic) bond motifs is 1. The largest absolute Gasteiger partial charge is 0.497 e. The molecule has 3 aromatic carbocycles. The van der Waals surface area contributed by atoms with Gasteiger partial charge in [0, 0.05) is 18.8 Å². The van der Waals surface area contributed by atoms with Gasteiger partial charge in [0.15, 0.2) is 0 Å². The van der Waals surface area contributed by atoms with E-state index in [9.17, 15) is 9.59 Å². The lowest BCUT2D eigenvalue weighted by atomic mass is 10.0. The molecule has 0 spiro atoms. The van der Waals surface area contributed by atoms with Gasteiger partial charge in [-0.05, 0) is 61.7 Å². The maximum absolute atomic E-state index is 14.1. The minimum Gasteiger partial charge on any atom is -0.497 e. The van der Waals surface area contributed by atoms with Gasteiger partial charge in [-0.2, -0.15) is 0 Å². The molecule has 2 amide bonds. The first-order valence-corrected chi connectivity index (χ1v) is 12.7. The number of rotatable bonds is 9. The van der Waals surface area contributed by atoms with Crippen molar-refractivity contribution in [1.29, 1.82) is 0 Å². The number of methoxy groups -OCH3 is 1. The Bertz CT molecular complexity index is 1390. The molecule has 5 rings (SSSR count). The molecule has 2 heterocycles. The van der Waals surface area contributed by atoms with E-state index >= 15 is 0 Å². The number of aromatic nitrogens is 3. The molecule has 1 N–H and O–H groups in total. The first-order valence-electron chi connectivity index (χ1n) is 12.7. The number of anilines is 1. The van der Waals surface area contributed by atoms with Gasteiger partial charge in [0.25, 0.3) is 0 Å². The van der Waals surface area contributed by atoms with E-state index in [0.717, 1.165) is 23.9 Å². The highest BCUT2D eigenvalue weighted by atomic mass is 16.5. The van der Waals surface area contributed by atoms with Gasteiger partial charge in [-0.15, -0.1) is 5.10 Å². The van der Waals surface area contributed by atoms with E-state index in [0.29, 0.717) is 35.7 Å². The number of hydrogen-bond acceptors (Lipinski definition) is 6. The summed E-state index contributed by atoms with van der Waals surface area (Å²) in [5.74, 6) is 0.0683. The van der Waals surface area contributed by atoms with E-state index in [4.69, 9.17) is 9.47 Å². The van der Waals surface area contributed by atoms with Crippen molar-refractivity contribution in [2.75, 3.05) is 25.2 Å². The van der Waals surface area contributed by atoms with Crippen LogP contribution in [0.3, 0.4) is 0 Å². The van der Waals surface area contributed by atoms with Crippen LogP contribution in [0.2, 0.25) is 0 Å². The van der Waals surface area contributed by atoms with Gasteiger partial charge < -0.3 is 14.8 Å². The molecule has 1 fully saturated rings. The van der Waals surface area contributed by atoms with Crippen LogP contribution in [0.25, 0.3) is 11.0 Å². The summed E-state index contributed by atoms with van der Waals surface area (Å²) >= 11 is 0. The van der Waals surface area contributed by atoms with Gasteiger partial charge in [0.05, 0.1) is 18.7 Å². The van der Waals surface area contributed by atoms with Crippen molar-refractivity contribution < 1.29 is 19.1 Å². The van der Waals surface area contributed by atoms with Crippen molar-refractivity contribution in [2.45, 2.75) is 38.5 Å². The Labute approximate surface area is 221 Å². The van der Waals surface area contributed by atoms with Crippen molar-refractivity contribution in [2.24, 2.45) is 0 Å². The lowest BCUT2D eigenvalue weighted by Crippen LogP contribution is -2.46. The zero-order valence-electron chi connectivity index (χ0n) is 21.5. The summed E-state index contributed by atoms with van der Waals surface area (Å²) in [6.07, 6.45) is 1.85. The molecule has 4 aromatic rings. The summed E-state index contributed by atoms with van der Waals surface area (Å²) in [5, 5.41) is 11.4.